The maximum absolute atomic E-state index is 15.3. The summed E-state index contributed by atoms with van der Waals surface area (Å²) < 4.78 is 29.9. The maximum atomic E-state index is 15.3. The molecule has 0 saturated carbocycles. The monoisotopic (exact) mass is 543 g/mol. The molecule has 0 amide bonds. The van der Waals surface area contributed by atoms with E-state index in [1.54, 1.807) is 42.9 Å². The number of aromatic nitrogens is 6. The van der Waals surface area contributed by atoms with Crippen LogP contribution < -0.4 is 5.32 Å². The van der Waals surface area contributed by atoms with Crippen LogP contribution in [0.1, 0.15) is 11.1 Å². The van der Waals surface area contributed by atoms with Gasteiger partial charge in [-0.3, -0.25) is 15.1 Å². The summed E-state index contributed by atoms with van der Waals surface area (Å²) in [6, 6.07) is 23.7. The van der Waals surface area contributed by atoms with Crippen molar-refractivity contribution in [3.63, 3.8) is 0 Å². The van der Waals surface area contributed by atoms with Gasteiger partial charge in [0, 0.05) is 48.2 Å². The Hall–Kier alpha value is -5.28. The van der Waals surface area contributed by atoms with E-state index in [1.807, 2.05) is 30.3 Å². The molecule has 7 rings (SSSR count). The minimum atomic E-state index is -0.436. The highest BCUT2D eigenvalue weighted by molar-refractivity contribution is 5.97. The zero-order valence-corrected chi connectivity index (χ0v) is 21.7. The van der Waals surface area contributed by atoms with E-state index in [9.17, 15) is 4.39 Å². The number of benzene rings is 3. The van der Waals surface area contributed by atoms with Crippen LogP contribution in [0.5, 0.6) is 0 Å². The number of aromatic amines is 2. The zero-order chi connectivity index (χ0) is 27.8. The number of H-pyrrole nitrogens is 2. The Morgan fingerprint density at radius 3 is 2.46 bits per heavy atom. The molecule has 4 heterocycles. The average Bonchev–Trinajstić information content (AvgIpc) is 3.63. The molecule has 0 unspecified atom stereocenters. The van der Waals surface area contributed by atoms with Crippen LogP contribution in [0, 0.1) is 11.6 Å². The van der Waals surface area contributed by atoms with Crippen molar-refractivity contribution in [2.24, 2.45) is 0 Å². The molecule has 0 fully saturated rings. The Morgan fingerprint density at radius 1 is 0.756 bits per heavy atom. The fraction of sp³-hybridized carbons (Fsp3) is 0.0625. The van der Waals surface area contributed by atoms with Crippen molar-refractivity contribution in [1.82, 2.24) is 35.5 Å². The van der Waals surface area contributed by atoms with E-state index in [-0.39, 0.29) is 11.3 Å². The predicted molar refractivity (Wildman–Crippen MR) is 155 cm³/mol. The molecule has 0 spiro atoms. The SMILES string of the molecule is Fc1ccccc1-c1nccc2[nH]c(-c3n[nH]c4c(F)cc(-c5cncc(CNCc6ccccc6)c5)cc34)nc12. The lowest BCUT2D eigenvalue weighted by Gasteiger charge is -2.08. The van der Waals surface area contributed by atoms with Gasteiger partial charge in [0.05, 0.1) is 5.52 Å². The van der Waals surface area contributed by atoms with Crippen LogP contribution >= 0.6 is 0 Å². The number of hydrogen-bond acceptors (Lipinski definition) is 5. The quantitative estimate of drug-likeness (QED) is 0.206. The van der Waals surface area contributed by atoms with Crippen LogP contribution in [0.4, 0.5) is 8.78 Å². The van der Waals surface area contributed by atoms with Gasteiger partial charge in [0.15, 0.2) is 5.82 Å². The number of imidazole rings is 1. The summed E-state index contributed by atoms with van der Waals surface area (Å²) >= 11 is 0. The van der Waals surface area contributed by atoms with Gasteiger partial charge in [-0.25, -0.2) is 13.8 Å². The highest BCUT2D eigenvalue weighted by Gasteiger charge is 2.19. The molecule has 0 aliphatic carbocycles. The molecular formula is C32H23F2N7. The number of nitrogens with zero attached hydrogens (tertiary/aromatic N) is 4. The van der Waals surface area contributed by atoms with Crippen molar-refractivity contribution < 1.29 is 8.78 Å². The summed E-state index contributed by atoms with van der Waals surface area (Å²) in [4.78, 5) is 16.7. The maximum Gasteiger partial charge on any atom is 0.159 e. The van der Waals surface area contributed by atoms with Crippen LogP contribution in [0.3, 0.4) is 0 Å². The van der Waals surface area contributed by atoms with Crippen LogP contribution in [0.15, 0.2) is 97.5 Å². The van der Waals surface area contributed by atoms with Crippen LogP contribution in [0.2, 0.25) is 0 Å². The summed E-state index contributed by atoms with van der Waals surface area (Å²) in [6.45, 7) is 1.35. The summed E-state index contributed by atoms with van der Waals surface area (Å²) in [7, 11) is 0. The van der Waals surface area contributed by atoms with E-state index < -0.39 is 5.82 Å². The second-order valence-corrected chi connectivity index (χ2v) is 9.74. The predicted octanol–water partition coefficient (Wildman–Crippen LogP) is 6.80. The zero-order valence-electron chi connectivity index (χ0n) is 21.7. The van der Waals surface area contributed by atoms with Crippen LogP contribution in [0.25, 0.3) is 55.8 Å². The van der Waals surface area contributed by atoms with Crippen LogP contribution in [-0.2, 0) is 13.1 Å². The van der Waals surface area contributed by atoms with Crippen molar-refractivity contribution in [1.29, 1.82) is 0 Å². The molecule has 3 aromatic carbocycles. The summed E-state index contributed by atoms with van der Waals surface area (Å²) in [5.74, 6) is -0.404. The number of rotatable bonds is 7. The minimum Gasteiger partial charge on any atom is -0.336 e. The molecule has 0 aliphatic rings. The van der Waals surface area contributed by atoms with Crippen molar-refractivity contribution >= 4 is 21.9 Å². The average molecular weight is 544 g/mol. The largest absolute Gasteiger partial charge is 0.336 e. The first-order chi connectivity index (χ1) is 20.1. The smallest absolute Gasteiger partial charge is 0.159 e. The van der Waals surface area contributed by atoms with E-state index >= 15 is 4.39 Å². The second kappa shape index (κ2) is 10.4. The van der Waals surface area contributed by atoms with E-state index in [0.29, 0.717) is 51.3 Å². The Balaban J connectivity index is 1.23. The summed E-state index contributed by atoms with van der Waals surface area (Å²) in [5, 5.41) is 11.2. The molecule has 200 valence electrons. The molecule has 7 aromatic rings. The van der Waals surface area contributed by atoms with Crippen molar-refractivity contribution in [2.75, 3.05) is 0 Å². The highest BCUT2D eigenvalue weighted by atomic mass is 19.1. The molecule has 0 saturated heterocycles. The third kappa shape index (κ3) is 4.72. The van der Waals surface area contributed by atoms with Gasteiger partial charge in [-0.2, -0.15) is 5.10 Å². The summed E-state index contributed by atoms with van der Waals surface area (Å²) in [6.07, 6.45) is 5.12. The number of nitrogens with one attached hydrogen (secondary N) is 3. The molecule has 0 atom stereocenters. The third-order valence-corrected chi connectivity index (χ3v) is 7.01. The molecular weight excluding hydrogens is 520 g/mol. The third-order valence-electron chi connectivity index (χ3n) is 7.01. The van der Waals surface area contributed by atoms with Crippen molar-refractivity contribution in [3.8, 4) is 33.9 Å². The molecule has 4 aromatic heterocycles. The topological polar surface area (TPSA) is 95.2 Å². The van der Waals surface area contributed by atoms with E-state index in [2.05, 4.69) is 42.6 Å². The molecule has 9 heteroatoms. The van der Waals surface area contributed by atoms with Crippen LogP contribution in [-0.4, -0.2) is 30.1 Å². The van der Waals surface area contributed by atoms with E-state index in [0.717, 1.165) is 17.7 Å². The number of halogens is 2. The number of pyridine rings is 2. The fourth-order valence-corrected chi connectivity index (χ4v) is 5.01. The van der Waals surface area contributed by atoms with Gasteiger partial charge in [-0.15, -0.1) is 0 Å². The Kier molecular flexibility index (Phi) is 6.25. The van der Waals surface area contributed by atoms with Gasteiger partial charge < -0.3 is 10.3 Å². The number of fused-ring (bicyclic) bond motifs is 2. The second-order valence-electron chi connectivity index (χ2n) is 9.74. The van der Waals surface area contributed by atoms with Gasteiger partial charge in [0.25, 0.3) is 0 Å². The van der Waals surface area contributed by atoms with Crippen molar-refractivity contribution in [3.05, 3.63) is 120 Å². The lowest BCUT2D eigenvalue weighted by Crippen LogP contribution is -2.12. The highest BCUT2D eigenvalue weighted by Crippen LogP contribution is 2.34. The van der Waals surface area contributed by atoms with Gasteiger partial charge >= 0.3 is 0 Å². The van der Waals surface area contributed by atoms with Crippen molar-refractivity contribution in [2.45, 2.75) is 13.1 Å². The first-order valence-corrected chi connectivity index (χ1v) is 13.1. The Labute approximate surface area is 233 Å². The van der Waals surface area contributed by atoms with Gasteiger partial charge in [-0.05, 0) is 53.1 Å². The lowest BCUT2D eigenvalue weighted by atomic mass is 10.0. The summed E-state index contributed by atoms with van der Waals surface area (Å²) in [5.41, 5.74) is 6.28. The first kappa shape index (κ1) is 24.7. The fourth-order valence-electron chi connectivity index (χ4n) is 5.01. The van der Waals surface area contributed by atoms with Gasteiger partial charge in [-0.1, -0.05) is 42.5 Å². The standard InChI is InChI=1S/C32H23F2N7/c33-25-9-5-4-8-23(25)29-31-27(10-11-37-29)38-32(39-31)30-24-13-21(14-26(34)28(24)40-41-30)22-12-20(17-36-18-22)16-35-15-19-6-2-1-3-7-19/h1-14,17-18,35H,15-16H2,(H,38,39)(H,40,41). The molecule has 41 heavy (non-hydrogen) atoms. The molecule has 0 radical (unpaired) electrons. The normalized spacial score (nSPS) is 11.5. The Morgan fingerprint density at radius 2 is 1.59 bits per heavy atom. The van der Waals surface area contributed by atoms with E-state index in [1.165, 1.54) is 17.7 Å². The van der Waals surface area contributed by atoms with E-state index in [4.69, 9.17) is 4.98 Å². The van der Waals surface area contributed by atoms with Gasteiger partial charge in [0.2, 0.25) is 0 Å². The van der Waals surface area contributed by atoms with Gasteiger partial charge in [0.1, 0.15) is 34.1 Å². The lowest BCUT2D eigenvalue weighted by molar-refractivity contribution is 0.631. The number of hydrogen-bond donors (Lipinski definition) is 3. The molecule has 3 N–H and O–H groups in total. The molecule has 0 bridgehead atoms. The minimum absolute atomic E-state index is 0.269. The molecule has 7 nitrogen and oxygen atoms in total. The first-order valence-electron chi connectivity index (χ1n) is 13.1. The molecule has 0 aliphatic heterocycles. The Bertz CT molecular complexity index is 2010.